The molecule has 1 saturated carbocycles. The number of rotatable bonds is 2. The lowest BCUT2D eigenvalue weighted by molar-refractivity contribution is 0.181. The van der Waals surface area contributed by atoms with Gasteiger partial charge in [-0.3, -0.25) is 4.68 Å². The third-order valence-electron chi connectivity index (χ3n) is 3.07. The molecule has 1 aliphatic carbocycles. The second-order valence-electron chi connectivity index (χ2n) is 4.58. The van der Waals surface area contributed by atoms with E-state index in [0.29, 0.717) is 12.0 Å². The molecular formula is C11H17BrN2O. The zero-order valence-electron chi connectivity index (χ0n) is 9.15. The minimum atomic E-state index is -0.127. The molecule has 15 heavy (non-hydrogen) atoms. The van der Waals surface area contributed by atoms with Gasteiger partial charge in [0.05, 0.1) is 22.5 Å². The first-order chi connectivity index (χ1) is 7.09. The molecule has 2 unspecified atom stereocenters. The Balaban J connectivity index is 2.30. The number of aliphatic hydroxyl groups excluding tert-OH is 1. The lowest BCUT2D eigenvalue weighted by Crippen LogP contribution is -2.11. The fraction of sp³-hybridized carbons (Fsp3) is 0.727. The first kappa shape index (κ1) is 11.1. The smallest absolute Gasteiger partial charge is 0.0635 e. The standard InChI is InChI=1S/C11H17BrN2O/c1-7(2)14-11(10(12)6-13-14)8-3-4-9(15)5-8/h6-9,15H,3-5H2,1-2H3. The maximum atomic E-state index is 9.57. The molecule has 0 aliphatic heterocycles. The molecular weight excluding hydrogens is 256 g/mol. The molecule has 1 fully saturated rings. The third kappa shape index (κ3) is 2.11. The summed E-state index contributed by atoms with van der Waals surface area (Å²) in [5.74, 6) is 0.458. The van der Waals surface area contributed by atoms with Crippen molar-refractivity contribution in [1.82, 2.24) is 9.78 Å². The number of aromatic nitrogens is 2. The normalized spacial score (nSPS) is 26.5. The topological polar surface area (TPSA) is 38.0 Å². The van der Waals surface area contributed by atoms with Crippen molar-refractivity contribution in [2.24, 2.45) is 0 Å². The Labute approximate surface area is 98.6 Å². The fourth-order valence-electron chi connectivity index (χ4n) is 2.35. The summed E-state index contributed by atoms with van der Waals surface area (Å²) in [4.78, 5) is 0. The van der Waals surface area contributed by atoms with Gasteiger partial charge in [0.2, 0.25) is 0 Å². The third-order valence-corrected chi connectivity index (χ3v) is 3.68. The number of aliphatic hydroxyl groups is 1. The van der Waals surface area contributed by atoms with E-state index in [2.05, 4.69) is 39.6 Å². The van der Waals surface area contributed by atoms with Crippen LogP contribution in [-0.2, 0) is 0 Å². The molecule has 3 nitrogen and oxygen atoms in total. The molecule has 1 aromatic heterocycles. The number of hydrogen-bond acceptors (Lipinski definition) is 2. The van der Waals surface area contributed by atoms with Crippen LogP contribution in [0.3, 0.4) is 0 Å². The van der Waals surface area contributed by atoms with Crippen LogP contribution < -0.4 is 0 Å². The van der Waals surface area contributed by atoms with Gasteiger partial charge in [-0.15, -0.1) is 0 Å². The Kier molecular flexibility index (Phi) is 3.16. The molecule has 0 aromatic carbocycles. The molecule has 2 rings (SSSR count). The van der Waals surface area contributed by atoms with Crippen molar-refractivity contribution < 1.29 is 5.11 Å². The molecule has 1 aliphatic rings. The van der Waals surface area contributed by atoms with Crippen LogP contribution in [0.25, 0.3) is 0 Å². The molecule has 0 bridgehead atoms. The largest absolute Gasteiger partial charge is 0.393 e. The highest BCUT2D eigenvalue weighted by Crippen LogP contribution is 2.38. The van der Waals surface area contributed by atoms with Gasteiger partial charge in [0.1, 0.15) is 0 Å². The summed E-state index contributed by atoms with van der Waals surface area (Å²) in [7, 11) is 0. The number of halogens is 1. The molecule has 1 N–H and O–H groups in total. The summed E-state index contributed by atoms with van der Waals surface area (Å²) in [6, 6.07) is 0.379. The second kappa shape index (κ2) is 4.26. The molecule has 1 heterocycles. The predicted octanol–water partition coefficient (Wildman–Crippen LogP) is 2.85. The Morgan fingerprint density at radius 2 is 2.27 bits per heavy atom. The van der Waals surface area contributed by atoms with Gasteiger partial charge >= 0.3 is 0 Å². The van der Waals surface area contributed by atoms with Crippen molar-refractivity contribution in [1.29, 1.82) is 0 Å². The van der Waals surface area contributed by atoms with Crippen LogP contribution >= 0.6 is 15.9 Å². The van der Waals surface area contributed by atoms with Gasteiger partial charge < -0.3 is 5.11 Å². The molecule has 4 heteroatoms. The maximum absolute atomic E-state index is 9.57. The minimum Gasteiger partial charge on any atom is -0.393 e. The molecule has 0 spiro atoms. The van der Waals surface area contributed by atoms with Crippen molar-refractivity contribution in [3.05, 3.63) is 16.4 Å². The van der Waals surface area contributed by atoms with Crippen LogP contribution in [0.5, 0.6) is 0 Å². The van der Waals surface area contributed by atoms with E-state index >= 15 is 0 Å². The van der Waals surface area contributed by atoms with Gasteiger partial charge in [-0.2, -0.15) is 5.10 Å². The van der Waals surface area contributed by atoms with Crippen molar-refractivity contribution in [3.63, 3.8) is 0 Å². The van der Waals surface area contributed by atoms with E-state index in [0.717, 1.165) is 23.7 Å². The van der Waals surface area contributed by atoms with E-state index in [1.54, 1.807) is 0 Å². The molecule has 1 aromatic rings. The maximum Gasteiger partial charge on any atom is 0.0635 e. The van der Waals surface area contributed by atoms with Crippen molar-refractivity contribution in [2.75, 3.05) is 0 Å². The van der Waals surface area contributed by atoms with Gasteiger partial charge in [0.15, 0.2) is 0 Å². The van der Waals surface area contributed by atoms with E-state index in [4.69, 9.17) is 0 Å². The summed E-state index contributed by atoms with van der Waals surface area (Å²) >= 11 is 3.55. The van der Waals surface area contributed by atoms with Gasteiger partial charge in [-0.25, -0.2) is 0 Å². The lowest BCUT2D eigenvalue weighted by atomic mass is 10.0. The summed E-state index contributed by atoms with van der Waals surface area (Å²) in [5, 5.41) is 13.9. The van der Waals surface area contributed by atoms with Crippen LogP contribution in [0.4, 0.5) is 0 Å². The number of hydrogen-bond donors (Lipinski definition) is 1. The Hall–Kier alpha value is -0.350. The van der Waals surface area contributed by atoms with Gasteiger partial charge in [0, 0.05) is 12.0 Å². The molecule has 84 valence electrons. The van der Waals surface area contributed by atoms with E-state index in [-0.39, 0.29) is 6.10 Å². The van der Waals surface area contributed by atoms with Gasteiger partial charge in [-0.1, -0.05) is 0 Å². The predicted molar refractivity (Wildman–Crippen MR) is 62.9 cm³/mol. The Morgan fingerprint density at radius 1 is 1.53 bits per heavy atom. The average Bonchev–Trinajstić information content (AvgIpc) is 2.71. The van der Waals surface area contributed by atoms with Crippen molar-refractivity contribution in [2.45, 2.75) is 51.2 Å². The average molecular weight is 273 g/mol. The Bertz CT molecular complexity index is 348. The van der Waals surface area contributed by atoms with Crippen LogP contribution in [0, 0.1) is 0 Å². The first-order valence-corrected chi connectivity index (χ1v) is 6.30. The highest BCUT2D eigenvalue weighted by atomic mass is 79.9. The SMILES string of the molecule is CC(C)n1ncc(Br)c1C1CCC(O)C1. The summed E-state index contributed by atoms with van der Waals surface area (Å²) in [6.07, 6.45) is 4.59. The highest BCUT2D eigenvalue weighted by molar-refractivity contribution is 9.10. The first-order valence-electron chi connectivity index (χ1n) is 5.50. The van der Waals surface area contributed by atoms with Crippen LogP contribution in [0.2, 0.25) is 0 Å². The zero-order chi connectivity index (χ0) is 11.0. The van der Waals surface area contributed by atoms with Crippen LogP contribution in [-0.4, -0.2) is 21.0 Å². The molecule has 0 amide bonds. The lowest BCUT2D eigenvalue weighted by Gasteiger charge is -2.16. The summed E-state index contributed by atoms with van der Waals surface area (Å²) in [6.45, 7) is 4.27. The van der Waals surface area contributed by atoms with E-state index < -0.39 is 0 Å². The fourth-order valence-corrected chi connectivity index (χ4v) is 2.95. The van der Waals surface area contributed by atoms with E-state index in [1.165, 1.54) is 5.69 Å². The van der Waals surface area contributed by atoms with E-state index in [9.17, 15) is 5.11 Å². The van der Waals surface area contributed by atoms with Gasteiger partial charge in [-0.05, 0) is 49.0 Å². The molecule has 0 radical (unpaired) electrons. The van der Waals surface area contributed by atoms with E-state index in [1.807, 2.05) is 6.20 Å². The molecule has 0 saturated heterocycles. The van der Waals surface area contributed by atoms with Crippen molar-refractivity contribution in [3.8, 4) is 0 Å². The second-order valence-corrected chi connectivity index (χ2v) is 5.43. The number of nitrogens with zero attached hydrogens (tertiary/aromatic N) is 2. The molecule has 2 atom stereocenters. The zero-order valence-corrected chi connectivity index (χ0v) is 10.7. The van der Waals surface area contributed by atoms with Crippen molar-refractivity contribution >= 4 is 15.9 Å². The monoisotopic (exact) mass is 272 g/mol. The van der Waals surface area contributed by atoms with Crippen LogP contribution in [0.15, 0.2) is 10.7 Å². The Morgan fingerprint density at radius 3 is 2.80 bits per heavy atom. The summed E-state index contributed by atoms with van der Waals surface area (Å²) < 4.78 is 3.14. The quantitative estimate of drug-likeness (QED) is 0.899. The van der Waals surface area contributed by atoms with Gasteiger partial charge in [0.25, 0.3) is 0 Å². The van der Waals surface area contributed by atoms with Crippen LogP contribution in [0.1, 0.15) is 50.8 Å². The highest BCUT2D eigenvalue weighted by Gasteiger charge is 2.29. The summed E-state index contributed by atoms with van der Waals surface area (Å²) in [5.41, 5.74) is 1.25. The minimum absolute atomic E-state index is 0.127.